The number of rotatable bonds is 4. The number of nitrogens with zero attached hydrogens (tertiary/aromatic N) is 1. The Hall–Kier alpha value is -0.740. The quantitative estimate of drug-likeness (QED) is 0.816. The molecule has 0 bridgehead atoms. The Labute approximate surface area is 100 Å². The van der Waals surface area contributed by atoms with Crippen LogP contribution >= 0.6 is 12.2 Å². The monoisotopic (exact) mass is 236 g/mol. The standard InChI is InChI=1S/C12H16N2OS/c1-15-11(8-4-5-8)12-13-9(7-2-3-7)6-10(16)14-12/h6-8,11H,2-5H2,1H3,(H,13,14,16). The van der Waals surface area contributed by atoms with E-state index in [0.717, 1.165) is 5.82 Å². The van der Waals surface area contributed by atoms with Crippen molar-refractivity contribution >= 4 is 12.2 Å². The molecule has 3 nitrogen and oxygen atoms in total. The predicted molar refractivity (Wildman–Crippen MR) is 63.9 cm³/mol. The Morgan fingerprint density at radius 2 is 2.19 bits per heavy atom. The lowest BCUT2D eigenvalue weighted by Gasteiger charge is -2.14. The Morgan fingerprint density at radius 3 is 2.75 bits per heavy atom. The summed E-state index contributed by atoms with van der Waals surface area (Å²) in [5, 5.41) is 0. The zero-order valence-electron chi connectivity index (χ0n) is 9.40. The molecule has 86 valence electrons. The van der Waals surface area contributed by atoms with Crippen LogP contribution in [-0.2, 0) is 4.74 Å². The van der Waals surface area contributed by atoms with Crippen LogP contribution in [0.15, 0.2) is 6.07 Å². The van der Waals surface area contributed by atoms with Crippen molar-refractivity contribution in [2.75, 3.05) is 7.11 Å². The van der Waals surface area contributed by atoms with E-state index < -0.39 is 0 Å². The van der Waals surface area contributed by atoms with Crippen molar-refractivity contribution in [3.63, 3.8) is 0 Å². The normalized spacial score (nSPS) is 22.1. The molecule has 16 heavy (non-hydrogen) atoms. The molecule has 1 N–H and O–H groups in total. The van der Waals surface area contributed by atoms with Crippen molar-refractivity contribution in [3.05, 3.63) is 22.2 Å². The topological polar surface area (TPSA) is 37.9 Å². The van der Waals surface area contributed by atoms with Crippen LogP contribution in [0.25, 0.3) is 0 Å². The summed E-state index contributed by atoms with van der Waals surface area (Å²) in [5.74, 6) is 2.25. The molecule has 4 heteroatoms. The second kappa shape index (κ2) is 3.93. The van der Waals surface area contributed by atoms with Crippen molar-refractivity contribution in [1.29, 1.82) is 0 Å². The molecule has 1 aromatic heterocycles. The van der Waals surface area contributed by atoms with Gasteiger partial charge in [-0.15, -0.1) is 0 Å². The van der Waals surface area contributed by atoms with Gasteiger partial charge in [0.1, 0.15) is 16.6 Å². The van der Waals surface area contributed by atoms with Crippen LogP contribution in [0.4, 0.5) is 0 Å². The van der Waals surface area contributed by atoms with Gasteiger partial charge in [0.25, 0.3) is 0 Å². The number of methoxy groups -OCH3 is 1. The van der Waals surface area contributed by atoms with E-state index in [4.69, 9.17) is 17.0 Å². The molecule has 0 saturated heterocycles. The molecule has 0 radical (unpaired) electrons. The van der Waals surface area contributed by atoms with Crippen LogP contribution in [0.3, 0.4) is 0 Å². The minimum Gasteiger partial charge on any atom is -0.373 e. The molecule has 1 unspecified atom stereocenters. The molecule has 3 rings (SSSR count). The van der Waals surface area contributed by atoms with Gasteiger partial charge >= 0.3 is 0 Å². The van der Waals surface area contributed by atoms with Crippen LogP contribution in [0, 0.1) is 10.6 Å². The molecule has 1 heterocycles. The van der Waals surface area contributed by atoms with Crippen LogP contribution in [0.5, 0.6) is 0 Å². The minimum atomic E-state index is 0.111. The highest BCUT2D eigenvalue weighted by Gasteiger charge is 2.34. The molecule has 2 fully saturated rings. The van der Waals surface area contributed by atoms with E-state index in [2.05, 4.69) is 9.97 Å². The fourth-order valence-corrected chi connectivity index (χ4v) is 2.40. The highest BCUT2D eigenvalue weighted by atomic mass is 32.1. The van der Waals surface area contributed by atoms with E-state index in [1.165, 1.54) is 31.4 Å². The van der Waals surface area contributed by atoms with Crippen molar-refractivity contribution < 1.29 is 4.74 Å². The van der Waals surface area contributed by atoms with E-state index >= 15 is 0 Å². The summed E-state index contributed by atoms with van der Waals surface area (Å²) in [4.78, 5) is 7.83. The van der Waals surface area contributed by atoms with E-state index in [1.54, 1.807) is 7.11 Å². The van der Waals surface area contributed by atoms with Gasteiger partial charge in [-0.1, -0.05) is 12.2 Å². The summed E-state index contributed by atoms with van der Waals surface area (Å²) in [6.45, 7) is 0. The Balaban J connectivity index is 1.94. The van der Waals surface area contributed by atoms with Crippen LogP contribution in [-0.4, -0.2) is 17.1 Å². The number of hydrogen-bond donors (Lipinski definition) is 1. The summed E-state index contributed by atoms with van der Waals surface area (Å²) in [5.41, 5.74) is 1.25. The lowest BCUT2D eigenvalue weighted by molar-refractivity contribution is 0.0769. The number of aromatic amines is 1. The Morgan fingerprint density at radius 1 is 1.44 bits per heavy atom. The van der Waals surface area contributed by atoms with Gasteiger partial charge in [-0.2, -0.15) is 0 Å². The number of nitrogens with one attached hydrogen (secondary N) is 1. The van der Waals surface area contributed by atoms with Gasteiger partial charge in [0.15, 0.2) is 0 Å². The van der Waals surface area contributed by atoms with Gasteiger partial charge in [-0.05, 0) is 43.6 Å². The first-order chi connectivity index (χ1) is 7.78. The molecule has 0 aliphatic heterocycles. The van der Waals surface area contributed by atoms with Gasteiger partial charge < -0.3 is 9.72 Å². The lowest BCUT2D eigenvalue weighted by Crippen LogP contribution is -2.10. The van der Waals surface area contributed by atoms with Crippen LogP contribution < -0.4 is 0 Å². The van der Waals surface area contributed by atoms with Gasteiger partial charge in [-0.25, -0.2) is 4.98 Å². The highest BCUT2D eigenvalue weighted by molar-refractivity contribution is 7.71. The SMILES string of the molecule is COC(c1nc(=S)cc(C2CC2)[nH]1)C1CC1. The molecule has 0 amide bonds. The lowest BCUT2D eigenvalue weighted by atomic mass is 10.2. The number of aromatic nitrogens is 2. The third kappa shape index (κ3) is 2.04. The van der Waals surface area contributed by atoms with E-state index in [0.29, 0.717) is 16.5 Å². The number of H-pyrrole nitrogens is 1. The first-order valence-corrected chi connectivity index (χ1v) is 6.32. The van der Waals surface area contributed by atoms with Gasteiger partial charge in [0.05, 0.1) is 0 Å². The molecular formula is C12H16N2OS. The fraction of sp³-hybridized carbons (Fsp3) is 0.667. The van der Waals surface area contributed by atoms with Crippen molar-refractivity contribution in [3.8, 4) is 0 Å². The predicted octanol–water partition coefficient (Wildman–Crippen LogP) is 3.11. The highest BCUT2D eigenvalue weighted by Crippen LogP contribution is 2.43. The van der Waals surface area contributed by atoms with Crippen molar-refractivity contribution in [2.24, 2.45) is 5.92 Å². The average molecular weight is 236 g/mol. The summed E-state index contributed by atoms with van der Waals surface area (Å²) >= 11 is 5.22. The molecule has 0 spiro atoms. The fourth-order valence-electron chi connectivity index (χ4n) is 2.17. The Kier molecular flexibility index (Phi) is 2.56. The van der Waals surface area contributed by atoms with Crippen molar-refractivity contribution in [1.82, 2.24) is 9.97 Å². The molecule has 1 atom stereocenters. The molecule has 2 saturated carbocycles. The molecule has 2 aliphatic carbocycles. The third-order valence-corrected chi connectivity index (χ3v) is 3.58. The second-order valence-electron chi connectivity index (χ2n) is 4.83. The largest absolute Gasteiger partial charge is 0.373 e. The zero-order valence-corrected chi connectivity index (χ0v) is 10.2. The second-order valence-corrected chi connectivity index (χ2v) is 5.25. The van der Waals surface area contributed by atoms with E-state index in [1.807, 2.05) is 6.07 Å². The average Bonchev–Trinajstić information content (AvgIpc) is 3.13. The van der Waals surface area contributed by atoms with E-state index in [9.17, 15) is 0 Å². The number of ether oxygens (including phenoxy) is 1. The van der Waals surface area contributed by atoms with Crippen LogP contribution in [0.2, 0.25) is 0 Å². The maximum absolute atomic E-state index is 5.53. The summed E-state index contributed by atoms with van der Waals surface area (Å²) in [7, 11) is 1.76. The molecule has 0 aromatic carbocycles. The molecule has 2 aliphatic rings. The molecular weight excluding hydrogens is 220 g/mol. The molecule has 1 aromatic rings. The first kappa shape index (κ1) is 10.4. The summed E-state index contributed by atoms with van der Waals surface area (Å²) in [6.07, 6.45) is 5.15. The first-order valence-electron chi connectivity index (χ1n) is 5.92. The van der Waals surface area contributed by atoms with Crippen LogP contribution in [0.1, 0.15) is 49.2 Å². The van der Waals surface area contributed by atoms with E-state index in [-0.39, 0.29) is 6.10 Å². The smallest absolute Gasteiger partial charge is 0.137 e. The van der Waals surface area contributed by atoms with Gasteiger partial charge in [0, 0.05) is 12.8 Å². The zero-order chi connectivity index (χ0) is 11.1. The van der Waals surface area contributed by atoms with Gasteiger partial charge in [0.2, 0.25) is 0 Å². The minimum absolute atomic E-state index is 0.111. The Bertz CT molecular complexity index is 449. The van der Waals surface area contributed by atoms with Gasteiger partial charge in [-0.3, -0.25) is 0 Å². The third-order valence-electron chi connectivity index (χ3n) is 3.37. The number of hydrogen-bond acceptors (Lipinski definition) is 3. The summed E-state index contributed by atoms with van der Waals surface area (Å²) < 4.78 is 6.22. The maximum Gasteiger partial charge on any atom is 0.137 e. The van der Waals surface area contributed by atoms with Crippen molar-refractivity contribution in [2.45, 2.75) is 37.7 Å². The maximum atomic E-state index is 5.53. The summed E-state index contributed by atoms with van der Waals surface area (Å²) in [6, 6.07) is 2.00.